The minimum atomic E-state index is -0.148. The van der Waals surface area contributed by atoms with Crippen molar-refractivity contribution >= 4 is 6.03 Å². The Morgan fingerprint density at radius 3 is 2.30 bits per heavy atom. The number of carbonyl (C=O) groups is 1. The predicted molar refractivity (Wildman–Crippen MR) is 79.6 cm³/mol. The molecule has 1 aliphatic rings. The average molecular weight is 286 g/mol. The Balaban J connectivity index is 2.49. The molecule has 4 atom stereocenters. The third-order valence-corrected chi connectivity index (χ3v) is 3.80. The van der Waals surface area contributed by atoms with Crippen LogP contribution in [0.15, 0.2) is 0 Å². The summed E-state index contributed by atoms with van der Waals surface area (Å²) in [7, 11) is 0. The summed E-state index contributed by atoms with van der Waals surface area (Å²) in [4.78, 5) is 12.1. The Morgan fingerprint density at radius 2 is 1.85 bits per heavy atom. The van der Waals surface area contributed by atoms with Crippen LogP contribution in [0.4, 0.5) is 4.79 Å². The second-order valence-corrected chi connectivity index (χ2v) is 6.97. The first-order valence-electron chi connectivity index (χ1n) is 7.55. The van der Waals surface area contributed by atoms with Gasteiger partial charge < -0.3 is 20.5 Å². The fraction of sp³-hybridized carbons (Fsp3) is 0.933. The number of urea groups is 1. The van der Waals surface area contributed by atoms with Gasteiger partial charge in [0.15, 0.2) is 0 Å². The highest BCUT2D eigenvalue weighted by molar-refractivity contribution is 5.74. The minimum Gasteiger partial charge on any atom is -0.396 e. The monoisotopic (exact) mass is 286 g/mol. The Morgan fingerprint density at radius 1 is 1.30 bits per heavy atom. The largest absolute Gasteiger partial charge is 0.396 e. The topological polar surface area (TPSA) is 70.6 Å². The number of ether oxygens (including phenoxy) is 1. The van der Waals surface area contributed by atoms with E-state index in [0.717, 1.165) is 12.8 Å². The van der Waals surface area contributed by atoms with Gasteiger partial charge in [0.25, 0.3) is 0 Å². The van der Waals surface area contributed by atoms with Crippen molar-refractivity contribution < 1.29 is 14.6 Å². The molecule has 0 radical (unpaired) electrons. The summed E-state index contributed by atoms with van der Waals surface area (Å²) in [6, 6.07) is -0.0321. The number of amides is 2. The number of rotatable bonds is 4. The average Bonchev–Trinajstić information content (AvgIpc) is 2.25. The zero-order valence-corrected chi connectivity index (χ0v) is 13.4. The van der Waals surface area contributed by atoms with E-state index in [-0.39, 0.29) is 42.3 Å². The predicted octanol–water partition coefficient (Wildman–Crippen LogP) is 2.04. The van der Waals surface area contributed by atoms with Gasteiger partial charge in [0.1, 0.15) is 0 Å². The maximum atomic E-state index is 12.1. The van der Waals surface area contributed by atoms with Crippen molar-refractivity contribution in [1.82, 2.24) is 10.6 Å². The molecule has 0 bridgehead atoms. The fourth-order valence-electron chi connectivity index (χ4n) is 2.76. The highest BCUT2D eigenvalue weighted by Gasteiger charge is 2.29. The maximum Gasteiger partial charge on any atom is 0.315 e. The van der Waals surface area contributed by atoms with Gasteiger partial charge in [-0.3, -0.25) is 0 Å². The Kier molecular flexibility index (Phi) is 6.27. The van der Waals surface area contributed by atoms with Gasteiger partial charge in [0.05, 0.1) is 12.2 Å². The lowest BCUT2D eigenvalue weighted by molar-refractivity contribution is -0.0402. The van der Waals surface area contributed by atoms with Crippen LogP contribution in [0.2, 0.25) is 0 Å². The highest BCUT2D eigenvalue weighted by atomic mass is 16.5. The van der Waals surface area contributed by atoms with Gasteiger partial charge in [-0.2, -0.15) is 0 Å². The van der Waals surface area contributed by atoms with E-state index in [1.54, 1.807) is 0 Å². The summed E-state index contributed by atoms with van der Waals surface area (Å²) in [5.41, 5.74) is -0.0731. The zero-order chi connectivity index (χ0) is 15.3. The van der Waals surface area contributed by atoms with Crippen LogP contribution in [0.5, 0.6) is 0 Å². The lowest BCUT2D eigenvalue weighted by atomic mass is 9.85. The molecule has 0 aromatic heterocycles. The van der Waals surface area contributed by atoms with Gasteiger partial charge in [0.2, 0.25) is 0 Å². The Labute approximate surface area is 122 Å². The second kappa shape index (κ2) is 7.27. The standard InChI is InChI=1S/C15H30N2O3/c1-10-8-12(9-11(2)20-10)16-14(19)17-13(6-7-18)15(3,4)5/h10-13,18H,6-9H2,1-5H3,(H2,16,17,19)/t10-,11+,12?,13-/m1/s1. The van der Waals surface area contributed by atoms with Gasteiger partial charge in [-0.1, -0.05) is 20.8 Å². The van der Waals surface area contributed by atoms with Crippen LogP contribution in [0.25, 0.3) is 0 Å². The van der Waals surface area contributed by atoms with E-state index in [1.807, 2.05) is 13.8 Å². The molecule has 20 heavy (non-hydrogen) atoms. The molecule has 5 nitrogen and oxygen atoms in total. The minimum absolute atomic E-state index is 0.0396. The first-order valence-corrected chi connectivity index (χ1v) is 7.55. The summed E-state index contributed by atoms with van der Waals surface area (Å²) in [6.07, 6.45) is 2.62. The normalized spacial score (nSPS) is 28.8. The van der Waals surface area contributed by atoms with Gasteiger partial charge in [-0.05, 0) is 38.5 Å². The van der Waals surface area contributed by atoms with Crippen molar-refractivity contribution in [2.45, 2.75) is 78.2 Å². The maximum absolute atomic E-state index is 12.1. The molecule has 1 saturated heterocycles. The number of carbonyl (C=O) groups excluding carboxylic acids is 1. The van der Waals surface area contributed by atoms with E-state index in [0.29, 0.717) is 6.42 Å². The number of aliphatic hydroxyl groups is 1. The zero-order valence-electron chi connectivity index (χ0n) is 13.4. The van der Waals surface area contributed by atoms with Crippen molar-refractivity contribution in [2.24, 2.45) is 5.41 Å². The van der Waals surface area contributed by atoms with E-state index in [4.69, 9.17) is 9.84 Å². The molecule has 3 N–H and O–H groups in total. The molecule has 1 unspecified atom stereocenters. The molecule has 0 aliphatic carbocycles. The van der Waals surface area contributed by atoms with Crippen LogP contribution in [0.3, 0.4) is 0 Å². The van der Waals surface area contributed by atoms with Crippen molar-refractivity contribution in [3.05, 3.63) is 0 Å². The van der Waals surface area contributed by atoms with Crippen LogP contribution in [-0.4, -0.2) is 42.0 Å². The SMILES string of the molecule is C[C@@H]1CC(NC(=O)N[C@H](CCO)C(C)(C)C)C[C@H](C)O1. The molecule has 0 spiro atoms. The molecule has 1 fully saturated rings. The molecule has 2 amide bonds. The first kappa shape index (κ1) is 17.2. The van der Waals surface area contributed by atoms with E-state index < -0.39 is 0 Å². The molecule has 0 saturated carbocycles. The molecule has 1 heterocycles. The lowest BCUT2D eigenvalue weighted by Crippen LogP contribution is -2.52. The molecular formula is C15H30N2O3. The smallest absolute Gasteiger partial charge is 0.315 e. The van der Waals surface area contributed by atoms with Gasteiger partial charge in [-0.15, -0.1) is 0 Å². The summed E-state index contributed by atoms with van der Waals surface area (Å²) in [6.45, 7) is 10.3. The van der Waals surface area contributed by atoms with Crippen LogP contribution < -0.4 is 10.6 Å². The third-order valence-electron chi connectivity index (χ3n) is 3.80. The van der Waals surface area contributed by atoms with Crippen molar-refractivity contribution in [2.75, 3.05) is 6.61 Å². The van der Waals surface area contributed by atoms with E-state index in [9.17, 15) is 4.79 Å². The van der Waals surface area contributed by atoms with E-state index in [1.165, 1.54) is 0 Å². The van der Waals surface area contributed by atoms with Crippen molar-refractivity contribution in [1.29, 1.82) is 0 Å². The van der Waals surface area contributed by atoms with Gasteiger partial charge in [-0.25, -0.2) is 4.79 Å². The summed E-state index contributed by atoms with van der Waals surface area (Å²) < 4.78 is 5.67. The molecular weight excluding hydrogens is 256 g/mol. The number of hydrogen-bond acceptors (Lipinski definition) is 3. The Hall–Kier alpha value is -0.810. The molecule has 118 valence electrons. The second-order valence-electron chi connectivity index (χ2n) is 6.97. The van der Waals surface area contributed by atoms with Crippen molar-refractivity contribution in [3.8, 4) is 0 Å². The van der Waals surface area contributed by atoms with Gasteiger partial charge in [0, 0.05) is 18.7 Å². The molecule has 0 aromatic carbocycles. The van der Waals surface area contributed by atoms with Crippen molar-refractivity contribution in [3.63, 3.8) is 0 Å². The molecule has 5 heteroatoms. The van der Waals surface area contributed by atoms with Crippen LogP contribution in [-0.2, 0) is 4.74 Å². The van der Waals surface area contributed by atoms with Crippen LogP contribution in [0, 0.1) is 5.41 Å². The number of hydrogen-bond donors (Lipinski definition) is 3. The number of nitrogens with one attached hydrogen (secondary N) is 2. The molecule has 1 rings (SSSR count). The van der Waals surface area contributed by atoms with E-state index >= 15 is 0 Å². The first-order chi connectivity index (χ1) is 9.22. The quantitative estimate of drug-likeness (QED) is 0.740. The summed E-state index contributed by atoms with van der Waals surface area (Å²) in [5, 5.41) is 15.1. The highest BCUT2D eigenvalue weighted by Crippen LogP contribution is 2.22. The Bertz CT molecular complexity index is 305. The van der Waals surface area contributed by atoms with Crippen LogP contribution >= 0.6 is 0 Å². The number of aliphatic hydroxyl groups excluding tert-OH is 1. The molecule has 1 aliphatic heterocycles. The summed E-state index contributed by atoms with van der Waals surface area (Å²) >= 11 is 0. The lowest BCUT2D eigenvalue weighted by Gasteiger charge is -2.35. The van der Waals surface area contributed by atoms with Crippen LogP contribution in [0.1, 0.15) is 53.9 Å². The molecule has 0 aromatic rings. The summed E-state index contributed by atoms with van der Waals surface area (Å²) in [5.74, 6) is 0. The van der Waals surface area contributed by atoms with E-state index in [2.05, 4.69) is 31.4 Å². The van der Waals surface area contributed by atoms with Gasteiger partial charge >= 0.3 is 6.03 Å². The fourth-order valence-corrected chi connectivity index (χ4v) is 2.76. The third kappa shape index (κ3) is 5.67.